The van der Waals surface area contributed by atoms with E-state index in [9.17, 15) is 22.8 Å². The van der Waals surface area contributed by atoms with Gasteiger partial charge in [0.25, 0.3) is 12.3 Å². The predicted octanol–water partition coefficient (Wildman–Crippen LogP) is 4.70. The predicted molar refractivity (Wildman–Crippen MR) is 142 cm³/mol. The molecule has 2 amide bonds. The molecule has 1 aromatic carbocycles. The lowest BCUT2D eigenvalue weighted by atomic mass is 9.74. The average molecular weight is 571 g/mol. The fourth-order valence-electron chi connectivity index (χ4n) is 6.12. The van der Waals surface area contributed by atoms with Crippen LogP contribution in [0, 0.1) is 11.7 Å². The van der Waals surface area contributed by atoms with Gasteiger partial charge in [0.1, 0.15) is 11.1 Å². The van der Waals surface area contributed by atoms with Gasteiger partial charge in [-0.3, -0.25) is 14.6 Å². The maximum Gasteiger partial charge on any atom is 0.281 e. The number of alkyl halides is 2. The first-order valence-electron chi connectivity index (χ1n) is 13.1. The number of aromatic nitrogens is 3. The Morgan fingerprint density at radius 2 is 1.77 bits per heavy atom. The molecule has 6 rings (SSSR count). The Morgan fingerprint density at radius 1 is 1.07 bits per heavy atom. The van der Waals surface area contributed by atoms with Crippen LogP contribution < -0.4 is 15.1 Å². The number of amides is 2. The van der Waals surface area contributed by atoms with Crippen LogP contribution in [-0.2, 0) is 10.2 Å². The quantitative estimate of drug-likeness (QED) is 0.462. The van der Waals surface area contributed by atoms with Crippen LogP contribution in [0.2, 0.25) is 5.02 Å². The van der Waals surface area contributed by atoms with Crippen LogP contribution in [-0.4, -0.2) is 52.4 Å². The normalized spacial score (nSPS) is 21.5. The van der Waals surface area contributed by atoms with E-state index in [0.717, 1.165) is 42.7 Å². The summed E-state index contributed by atoms with van der Waals surface area (Å²) in [5, 5.41) is 2.98. The van der Waals surface area contributed by atoms with Gasteiger partial charge < -0.3 is 15.1 Å². The van der Waals surface area contributed by atoms with Crippen molar-refractivity contribution in [2.45, 2.75) is 43.6 Å². The van der Waals surface area contributed by atoms with Gasteiger partial charge in [-0.15, -0.1) is 0 Å². The standard InChI is InChI=1S/C28H26ClF3N6O2/c29-17-9-20(23(24(31)32)33-10-17)25(39)36-19-7-5-16(6-8-19)13-38-22-4-2-1-3-21(22)28(26(38)40)14-37(15-28)27-34-11-18(30)12-35-27/h1-4,9-12,16,19,24H,5-8,13-15H2,(H,36,39)/t16-,19-. The first-order chi connectivity index (χ1) is 19.2. The molecule has 40 heavy (non-hydrogen) atoms. The van der Waals surface area contributed by atoms with Crippen LogP contribution in [0.15, 0.2) is 48.9 Å². The number of hydrogen-bond acceptors (Lipinski definition) is 6. The summed E-state index contributed by atoms with van der Waals surface area (Å²) in [7, 11) is 0. The molecule has 4 heterocycles. The summed E-state index contributed by atoms with van der Waals surface area (Å²) < 4.78 is 40.0. The highest BCUT2D eigenvalue weighted by Crippen LogP contribution is 2.48. The first-order valence-corrected chi connectivity index (χ1v) is 13.5. The van der Waals surface area contributed by atoms with E-state index in [1.807, 2.05) is 34.1 Å². The molecule has 1 saturated carbocycles. The molecule has 1 N–H and O–H groups in total. The van der Waals surface area contributed by atoms with E-state index in [1.165, 1.54) is 6.07 Å². The Morgan fingerprint density at radius 3 is 2.48 bits per heavy atom. The molecule has 0 unspecified atom stereocenters. The summed E-state index contributed by atoms with van der Waals surface area (Å²) >= 11 is 5.89. The molecule has 12 heteroatoms. The number of halogens is 4. The van der Waals surface area contributed by atoms with Gasteiger partial charge in [-0.05, 0) is 49.3 Å². The first kappa shape index (κ1) is 26.5. The molecule has 1 saturated heterocycles. The zero-order valence-electron chi connectivity index (χ0n) is 21.4. The number of benzene rings is 1. The Kier molecular flexibility index (Phi) is 6.85. The van der Waals surface area contributed by atoms with E-state index in [4.69, 9.17) is 11.6 Å². The van der Waals surface area contributed by atoms with E-state index in [-0.39, 0.29) is 28.5 Å². The maximum atomic E-state index is 13.8. The molecule has 3 aliphatic rings. The molecular formula is C28H26ClF3N6O2. The van der Waals surface area contributed by atoms with Gasteiger partial charge in [-0.2, -0.15) is 0 Å². The maximum absolute atomic E-state index is 13.8. The van der Waals surface area contributed by atoms with Crippen molar-refractivity contribution >= 4 is 35.1 Å². The van der Waals surface area contributed by atoms with E-state index >= 15 is 0 Å². The highest BCUT2D eigenvalue weighted by atomic mass is 35.5. The number of rotatable bonds is 6. The van der Waals surface area contributed by atoms with Gasteiger partial charge in [0.2, 0.25) is 11.9 Å². The molecular weight excluding hydrogens is 545 g/mol. The highest BCUT2D eigenvalue weighted by Gasteiger charge is 2.58. The molecule has 0 bridgehead atoms. The number of anilines is 2. The smallest absolute Gasteiger partial charge is 0.281 e. The van der Waals surface area contributed by atoms with Crippen LogP contribution in [0.25, 0.3) is 0 Å². The third kappa shape index (κ3) is 4.66. The Bertz CT molecular complexity index is 1440. The van der Waals surface area contributed by atoms with Crippen LogP contribution in [0.1, 0.15) is 53.7 Å². The van der Waals surface area contributed by atoms with Gasteiger partial charge in [0.05, 0.1) is 23.0 Å². The van der Waals surface area contributed by atoms with Crippen molar-refractivity contribution in [1.29, 1.82) is 0 Å². The number of nitrogens with one attached hydrogen (secondary N) is 1. The van der Waals surface area contributed by atoms with E-state index in [0.29, 0.717) is 38.4 Å². The molecule has 1 aliphatic carbocycles. The summed E-state index contributed by atoms with van der Waals surface area (Å²) in [5.41, 5.74) is 0.387. The summed E-state index contributed by atoms with van der Waals surface area (Å²) in [6.07, 6.45) is 3.33. The monoisotopic (exact) mass is 570 g/mol. The number of nitrogens with zero attached hydrogens (tertiary/aromatic N) is 5. The van der Waals surface area contributed by atoms with Crippen molar-refractivity contribution in [3.8, 4) is 0 Å². The minimum absolute atomic E-state index is 0.0375. The van der Waals surface area contributed by atoms with Gasteiger partial charge in [-0.25, -0.2) is 23.1 Å². The number of carbonyl (C=O) groups is 2. The molecule has 2 aliphatic heterocycles. The minimum atomic E-state index is -2.89. The summed E-state index contributed by atoms with van der Waals surface area (Å²) in [4.78, 5) is 42.1. The topological polar surface area (TPSA) is 91.3 Å². The fraction of sp³-hybridized carbons (Fsp3) is 0.393. The van der Waals surface area contributed by atoms with Crippen LogP contribution in [0.3, 0.4) is 0 Å². The largest absolute Gasteiger partial charge is 0.349 e. The third-order valence-corrected chi connectivity index (χ3v) is 8.34. The van der Waals surface area contributed by atoms with Crippen molar-refractivity contribution in [1.82, 2.24) is 20.3 Å². The second-order valence-corrected chi connectivity index (χ2v) is 11.1. The van der Waals surface area contributed by atoms with Crippen LogP contribution >= 0.6 is 11.6 Å². The molecule has 3 aromatic rings. The van der Waals surface area contributed by atoms with E-state index in [2.05, 4.69) is 20.3 Å². The van der Waals surface area contributed by atoms with Gasteiger partial charge in [0.15, 0.2) is 5.82 Å². The number of pyridine rings is 1. The molecule has 2 aromatic heterocycles. The second-order valence-electron chi connectivity index (χ2n) is 10.7. The number of hydrogen-bond donors (Lipinski definition) is 1. The molecule has 0 radical (unpaired) electrons. The second kappa shape index (κ2) is 10.3. The molecule has 208 valence electrons. The number of carbonyl (C=O) groups excluding carboxylic acids is 2. The molecule has 1 spiro atoms. The van der Waals surface area contributed by atoms with Crippen molar-refractivity contribution in [3.05, 3.63) is 76.6 Å². The lowest BCUT2D eigenvalue weighted by Gasteiger charge is -2.46. The summed E-state index contributed by atoms with van der Waals surface area (Å²) in [6, 6.07) is 8.84. The Labute approximate surface area is 233 Å². The number of para-hydroxylation sites is 1. The van der Waals surface area contributed by atoms with E-state index < -0.39 is 29.3 Å². The Balaban J connectivity index is 1.09. The van der Waals surface area contributed by atoms with E-state index in [1.54, 1.807) is 0 Å². The fourth-order valence-corrected chi connectivity index (χ4v) is 6.27. The minimum Gasteiger partial charge on any atom is -0.349 e. The van der Waals surface area contributed by atoms with Crippen LogP contribution in [0.5, 0.6) is 0 Å². The van der Waals surface area contributed by atoms with Gasteiger partial charge in [-0.1, -0.05) is 29.8 Å². The lowest BCUT2D eigenvalue weighted by molar-refractivity contribution is -0.124. The van der Waals surface area contributed by atoms with Gasteiger partial charge in [0, 0.05) is 37.6 Å². The summed E-state index contributed by atoms with van der Waals surface area (Å²) in [5.74, 6) is -0.470. The summed E-state index contributed by atoms with van der Waals surface area (Å²) in [6.45, 7) is 1.39. The molecule has 0 atom stereocenters. The molecule has 8 nitrogen and oxygen atoms in total. The number of fused-ring (bicyclic) bond motifs is 2. The van der Waals surface area contributed by atoms with Crippen molar-refractivity contribution in [2.24, 2.45) is 5.92 Å². The molecule has 2 fully saturated rings. The SMILES string of the molecule is O=C(N[C@H]1CC[C@H](CN2C(=O)C3(CN(c4ncc(F)cn4)C3)c3ccccc32)CC1)c1cc(Cl)cnc1C(F)F. The van der Waals surface area contributed by atoms with Gasteiger partial charge >= 0.3 is 0 Å². The average Bonchev–Trinajstić information content (AvgIpc) is 3.17. The zero-order chi connectivity index (χ0) is 28.0. The highest BCUT2D eigenvalue weighted by molar-refractivity contribution is 6.30. The van der Waals surface area contributed by atoms with Crippen molar-refractivity contribution in [3.63, 3.8) is 0 Å². The third-order valence-electron chi connectivity index (χ3n) is 8.14. The zero-order valence-corrected chi connectivity index (χ0v) is 22.1. The Hall–Kier alpha value is -3.73. The van der Waals surface area contributed by atoms with Crippen LogP contribution in [0.4, 0.5) is 24.8 Å². The lowest BCUT2D eigenvalue weighted by Crippen LogP contribution is -2.64. The van der Waals surface area contributed by atoms with Crippen molar-refractivity contribution < 1.29 is 22.8 Å². The van der Waals surface area contributed by atoms with Crippen molar-refractivity contribution in [2.75, 3.05) is 29.4 Å².